The molecule has 0 aromatic heterocycles. The molecule has 0 saturated heterocycles. The minimum Gasteiger partial charge on any atom is -0.508 e. The van der Waals surface area contributed by atoms with Gasteiger partial charge in [0.2, 0.25) is 5.91 Å². The number of aromatic hydroxyl groups is 1. The van der Waals surface area contributed by atoms with Crippen LogP contribution in [0, 0.1) is 5.92 Å². The monoisotopic (exact) mass is 467 g/mol. The number of nitrogens with one attached hydrogen (secondary N) is 2. The topological polar surface area (TPSA) is 87.4 Å². The highest BCUT2D eigenvalue weighted by Gasteiger charge is 2.23. The maximum absolute atomic E-state index is 13.2. The van der Waals surface area contributed by atoms with Gasteiger partial charge in [-0.3, -0.25) is 4.79 Å². The van der Waals surface area contributed by atoms with E-state index in [2.05, 4.69) is 55.7 Å². The van der Waals surface area contributed by atoms with Gasteiger partial charge < -0.3 is 21.5 Å². The SMILES string of the molecule is CCCC[C@H](N)CNC(=O)[C@H](Cc1ccc(O)cc1)N[C@H](CCCc1ccccc1)CC(C)C. The standard InChI is InChI=1S/C29H45N3O2/c1-4-5-13-25(30)21-31-29(34)28(20-24-15-17-27(33)18-16-24)32-26(19-22(2)3)14-9-12-23-10-7-6-8-11-23/h6-8,10-11,15-18,22,25-26,28,32-33H,4-5,9,12-14,19-21,30H2,1-3H3,(H,31,34)/t25-,26+,28-/m0/s1. The van der Waals surface area contributed by atoms with Crippen molar-refractivity contribution in [1.29, 1.82) is 0 Å². The Balaban J connectivity index is 2.04. The lowest BCUT2D eigenvalue weighted by Crippen LogP contribution is -2.51. The molecular weight excluding hydrogens is 422 g/mol. The van der Waals surface area contributed by atoms with Crippen molar-refractivity contribution in [1.82, 2.24) is 10.6 Å². The number of phenols is 1. The zero-order chi connectivity index (χ0) is 24.8. The first-order valence-corrected chi connectivity index (χ1v) is 13.0. The Labute approximate surface area is 206 Å². The highest BCUT2D eigenvalue weighted by Crippen LogP contribution is 2.16. The van der Waals surface area contributed by atoms with Gasteiger partial charge in [0, 0.05) is 18.6 Å². The molecule has 188 valence electrons. The van der Waals surface area contributed by atoms with Gasteiger partial charge in [-0.2, -0.15) is 0 Å². The van der Waals surface area contributed by atoms with Crippen molar-refractivity contribution in [3.05, 3.63) is 65.7 Å². The van der Waals surface area contributed by atoms with Crippen molar-refractivity contribution in [2.75, 3.05) is 6.54 Å². The number of benzene rings is 2. The largest absolute Gasteiger partial charge is 0.508 e. The second kappa shape index (κ2) is 15.5. The number of phenolic OH excluding ortho intramolecular Hbond substituents is 1. The van der Waals surface area contributed by atoms with Crippen LogP contribution >= 0.6 is 0 Å². The molecule has 3 atom stereocenters. The lowest BCUT2D eigenvalue weighted by atomic mass is 9.95. The maximum Gasteiger partial charge on any atom is 0.237 e. The number of aryl methyl sites for hydroxylation is 1. The molecule has 0 radical (unpaired) electrons. The minimum atomic E-state index is -0.344. The number of unbranched alkanes of at least 4 members (excludes halogenated alkanes) is 1. The molecule has 0 unspecified atom stereocenters. The van der Waals surface area contributed by atoms with E-state index in [0.717, 1.165) is 50.5 Å². The lowest BCUT2D eigenvalue weighted by Gasteiger charge is -2.27. The first-order chi connectivity index (χ1) is 16.4. The molecule has 0 bridgehead atoms. The zero-order valence-electron chi connectivity index (χ0n) is 21.3. The first-order valence-electron chi connectivity index (χ1n) is 13.0. The van der Waals surface area contributed by atoms with Crippen LogP contribution in [-0.2, 0) is 17.6 Å². The molecule has 0 aliphatic rings. The normalized spacial score (nSPS) is 14.0. The summed E-state index contributed by atoms with van der Waals surface area (Å²) < 4.78 is 0. The molecule has 1 amide bonds. The number of nitrogens with two attached hydrogens (primary N) is 1. The van der Waals surface area contributed by atoms with Gasteiger partial charge in [-0.25, -0.2) is 0 Å². The molecule has 2 rings (SSSR count). The van der Waals surface area contributed by atoms with Crippen molar-refractivity contribution >= 4 is 5.91 Å². The third kappa shape index (κ3) is 11.2. The summed E-state index contributed by atoms with van der Waals surface area (Å²) in [6.45, 7) is 7.10. The highest BCUT2D eigenvalue weighted by atomic mass is 16.3. The Morgan fingerprint density at radius 2 is 1.68 bits per heavy atom. The number of carbonyl (C=O) groups excluding carboxylic acids is 1. The third-order valence-corrected chi connectivity index (χ3v) is 6.21. The van der Waals surface area contributed by atoms with E-state index < -0.39 is 0 Å². The molecule has 5 N–H and O–H groups in total. The first kappa shape index (κ1) is 27.9. The summed E-state index contributed by atoms with van der Waals surface area (Å²) in [6.07, 6.45) is 7.82. The summed E-state index contributed by atoms with van der Waals surface area (Å²) in [5.41, 5.74) is 8.58. The van der Waals surface area contributed by atoms with Crippen molar-refractivity contribution in [2.24, 2.45) is 11.7 Å². The van der Waals surface area contributed by atoms with Crippen molar-refractivity contribution in [2.45, 2.75) is 90.3 Å². The van der Waals surface area contributed by atoms with E-state index in [9.17, 15) is 9.90 Å². The van der Waals surface area contributed by atoms with E-state index in [1.165, 1.54) is 5.56 Å². The van der Waals surface area contributed by atoms with Crippen LogP contribution in [0.3, 0.4) is 0 Å². The summed E-state index contributed by atoms with van der Waals surface area (Å²) in [4.78, 5) is 13.2. The molecule has 34 heavy (non-hydrogen) atoms. The number of hydrogen-bond acceptors (Lipinski definition) is 4. The van der Waals surface area contributed by atoms with E-state index in [0.29, 0.717) is 18.9 Å². The number of carbonyl (C=O) groups is 1. The number of rotatable bonds is 16. The number of amides is 1. The number of hydrogen-bond donors (Lipinski definition) is 4. The van der Waals surface area contributed by atoms with Gasteiger partial charge in [-0.15, -0.1) is 0 Å². The van der Waals surface area contributed by atoms with E-state index in [-0.39, 0.29) is 29.8 Å². The maximum atomic E-state index is 13.2. The average Bonchev–Trinajstić information content (AvgIpc) is 2.82. The Hall–Kier alpha value is -2.37. The Morgan fingerprint density at radius 3 is 2.32 bits per heavy atom. The minimum absolute atomic E-state index is 0.00293. The van der Waals surface area contributed by atoms with Crippen LogP contribution in [0.25, 0.3) is 0 Å². The van der Waals surface area contributed by atoms with Crippen LogP contribution in [0.15, 0.2) is 54.6 Å². The molecule has 0 aliphatic heterocycles. The highest BCUT2D eigenvalue weighted by molar-refractivity contribution is 5.82. The van der Waals surface area contributed by atoms with E-state index in [4.69, 9.17) is 5.73 Å². The van der Waals surface area contributed by atoms with Crippen LogP contribution in [-0.4, -0.2) is 35.7 Å². The molecule has 0 aliphatic carbocycles. The van der Waals surface area contributed by atoms with Crippen LogP contribution in [0.2, 0.25) is 0 Å². The molecule has 0 saturated carbocycles. The van der Waals surface area contributed by atoms with Gasteiger partial charge in [0.1, 0.15) is 5.75 Å². The zero-order valence-corrected chi connectivity index (χ0v) is 21.3. The van der Waals surface area contributed by atoms with Crippen LogP contribution in [0.5, 0.6) is 5.75 Å². The summed E-state index contributed by atoms with van der Waals surface area (Å²) >= 11 is 0. The summed E-state index contributed by atoms with van der Waals surface area (Å²) in [5.74, 6) is 0.768. The molecule has 0 fully saturated rings. The second-order valence-electron chi connectivity index (χ2n) is 9.94. The van der Waals surface area contributed by atoms with Crippen molar-refractivity contribution < 1.29 is 9.90 Å². The Bertz CT molecular complexity index is 808. The molecule has 2 aromatic rings. The van der Waals surface area contributed by atoms with Gasteiger partial charge in [0.15, 0.2) is 0 Å². The molecule has 5 heteroatoms. The predicted molar refractivity (Wildman–Crippen MR) is 142 cm³/mol. The Morgan fingerprint density at radius 1 is 0.971 bits per heavy atom. The smallest absolute Gasteiger partial charge is 0.237 e. The van der Waals surface area contributed by atoms with E-state index in [1.807, 2.05) is 18.2 Å². The van der Waals surface area contributed by atoms with Gasteiger partial charge in [-0.05, 0) is 67.7 Å². The quantitative estimate of drug-likeness (QED) is 0.281. The Kier molecular flexibility index (Phi) is 12.7. The van der Waals surface area contributed by atoms with Crippen molar-refractivity contribution in [3.8, 4) is 5.75 Å². The third-order valence-electron chi connectivity index (χ3n) is 6.21. The fourth-order valence-corrected chi connectivity index (χ4v) is 4.34. The molecule has 5 nitrogen and oxygen atoms in total. The van der Waals surface area contributed by atoms with E-state index >= 15 is 0 Å². The molecule has 2 aromatic carbocycles. The lowest BCUT2D eigenvalue weighted by molar-refractivity contribution is -0.123. The summed E-state index contributed by atoms with van der Waals surface area (Å²) in [7, 11) is 0. The van der Waals surface area contributed by atoms with Gasteiger partial charge in [-0.1, -0.05) is 76.1 Å². The molecular formula is C29H45N3O2. The average molecular weight is 468 g/mol. The van der Waals surface area contributed by atoms with Crippen LogP contribution in [0.1, 0.15) is 70.4 Å². The van der Waals surface area contributed by atoms with Crippen LogP contribution < -0.4 is 16.4 Å². The molecule has 0 heterocycles. The van der Waals surface area contributed by atoms with Crippen molar-refractivity contribution in [3.63, 3.8) is 0 Å². The van der Waals surface area contributed by atoms with Gasteiger partial charge in [0.25, 0.3) is 0 Å². The fraction of sp³-hybridized carbons (Fsp3) is 0.552. The fourth-order valence-electron chi connectivity index (χ4n) is 4.34. The van der Waals surface area contributed by atoms with E-state index in [1.54, 1.807) is 12.1 Å². The summed E-state index contributed by atoms with van der Waals surface area (Å²) in [5, 5.41) is 16.4. The van der Waals surface area contributed by atoms with Crippen LogP contribution in [0.4, 0.5) is 0 Å². The summed E-state index contributed by atoms with van der Waals surface area (Å²) in [6, 6.07) is 17.6. The second-order valence-corrected chi connectivity index (χ2v) is 9.94. The molecule has 0 spiro atoms. The predicted octanol–water partition coefficient (Wildman–Crippen LogP) is 4.96. The van der Waals surface area contributed by atoms with Gasteiger partial charge >= 0.3 is 0 Å². The van der Waals surface area contributed by atoms with Gasteiger partial charge in [0.05, 0.1) is 6.04 Å².